The zero-order valence-electron chi connectivity index (χ0n) is 11.5. The molecular weight excluding hydrogens is 292 g/mol. The standard InChI is InChI=1S/C14H25BrN2O/c1-14(5-3-2-4-6-14)13(18)17-11-9-16(8-7-15)10-12-17/h2-12H2,1H3. The van der Waals surface area contributed by atoms with Gasteiger partial charge in [0, 0.05) is 43.5 Å². The van der Waals surface area contributed by atoms with Crippen LogP contribution in [-0.2, 0) is 4.79 Å². The maximum absolute atomic E-state index is 12.6. The second-order valence-corrected chi connectivity index (χ2v) is 6.74. The van der Waals surface area contributed by atoms with Crippen LogP contribution in [0.15, 0.2) is 0 Å². The van der Waals surface area contributed by atoms with Gasteiger partial charge in [-0.2, -0.15) is 0 Å². The van der Waals surface area contributed by atoms with Crippen LogP contribution in [0.5, 0.6) is 0 Å². The summed E-state index contributed by atoms with van der Waals surface area (Å²) in [7, 11) is 0. The quantitative estimate of drug-likeness (QED) is 0.747. The summed E-state index contributed by atoms with van der Waals surface area (Å²) in [5, 5.41) is 1.03. The van der Waals surface area contributed by atoms with Gasteiger partial charge in [-0.05, 0) is 12.8 Å². The molecule has 0 radical (unpaired) electrons. The number of piperazine rings is 1. The fraction of sp³-hybridized carbons (Fsp3) is 0.929. The van der Waals surface area contributed by atoms with Crippen LogP contribution >= 0.6 is 15.9 Å². The molecule has 0 bridgehead atoms. The number of nitrogens with zero attached hydrogens (tertiary/aromatic N) is 2. The first kappa shape index (κ1) is 14.3. The molecule has 0 aromatic heterocycles. The first-order valence-corrected chi connectivity index (χ1v) is 8.35. The number of rotatable bonds is 3. The van der Waals surface area contributed by atoms with Gasteiger partial charge in [0.25, 0.3) is 0 Å². The van der Waals surface area contributed by atoms with Gasteiger partial charge in [-0.15, -0.1) is 0 Å². The second-order valence-electron chi connectivity index (χ2n) is 5.94. The Hall–Kier alpha value is -0.0900. The maximum atomic E-state index is 12.6. The van der Waals surface area contributed by atoms with E-state index in [1.54, 1.807) is 0 Å². The van der Waals surface area contributed by atoms with E-state index in [4.69, 9.17) is 0 Å². The molecule has 0 unspecified atom stereocenters. The minimum atomic E-state index is -0.0597. The molecule has 104 valence electrons. The molecule has 1 amide bonds. The molecule has 1 saturated carbocycles. The summed E-state index contributed by atoms with van der Waals surface area (Å²) in [4.78, 5) is 17.2. The van der Waals surface area contributed by atoms with Crippen molar-refractivity contribution in [3.63, 3.8) is 0 Å². The van der Waals surface area contributed by atoms with Crippen LogP contribution in [0, 0.1) is 5.41 Å². The molecule has 2 aliphatic rings. The SMILES string of the molecule is CC1(C(=O)N2CCN(CCBr)CC2)CCCCC1. The molecule has 2 rings (SSSR count). The third kappa shape index (κ3) is 3.27. The van der Waals surface area contributed by atoms with E-state index in [2.05, 4.69) is 32.7 Å². The Labute approximate surface area is 119 Å². The van der Waals surface area contributed by atoms with Gasteiger partial charge in [0.05, 0.1) is 0 Å². The lowest BCUT2D eigenvalue weighted by Crippen LogP contribution is -2.53. The molecule has 1 saturated heterocycles. The number of carbonyl (C=O) groups is 1. The van der Waals surface area contributed by atoms with Crippen molar-refractivity contribution in [1.82, 2.24) is 9.80 Å². The molecule has 3 nitrogen and oxygen atoms in total. The van der Waals surface area contributed by atoms with Crippen LogP contribution < -0.4 is 0 Å². The zero-order chi connectivity index (χ0) is 13.0. The summed E-state index contributed by atoms with van der Waals surface area (Å²) in [6, 6.07) is 0. The van der Waals surface area contributed by atoms with Gasteiger partial charge in [-0.1, -0.05) is 42.1 Å². The summed E-state index contributed by atoms with van der Waals surface area (Å²) in [5.41, 5.74) is -0.0597. The van der Waals surface area contributed by atoms with Crippen molar-refractivity contribution in [3.05, 3.63) is 0 Å². The average molecular weight is 317 g/mol. The summed E-state index contributed by atoms with van der Waals surface area (Å²) < 4.78 is 0. The van der Waals surface area contributed by atoms with E-state index >= 15 is 0 Å². The molecular formula is C14H25BrN2O. The highest BCUT2D eigenvalue weighted by molar-refractivity contribution is 9.09. The van der Waals surface area contributed by atoms with Gasteiger partial charge < -0.3 is 4.90 Å². The van der Waals surface area contributed by atoms with Crippen LogP contribution in [0.1, 0.15) is 39.0 Å². The largest absolute Gasteiger partial charge is 0.340 e. The highest BCUT2D eigenvalue weighted by Gasteiger charge is 2.38. The summed E-state index contributed by atoms with van der Waals surface area (Å²) in [6.07, 6.45) is 5.94. The molecule has 0 spiro atoms. The van der Waals surface area contributed by atoms with E-state index < -0.39 is 0 Å². The van der Waals surface area contributed by atoms with E-state index in [0.717, 1.165) is 50.9 Å². The van der Waals surface area contributed by atoms with Crippen molar-refractivity contribution in [2.45, 2.75) is 39.0 Å². The van der Waals surface area contributed by atoms with Crippen LogP contribution in [-0.4, -0.2) is 53.8 Å². The lowest BCUT2D eigenvalue weighted by molar-refractivity contribution is -0.144. The molecule has 0 aromatic rings. The highest BCUT2D eigenvalue weighted by Crippen LogP contribution is 2.37. The van der Waals surface area contributed by atoms with Crippen molar-refractivity contribution >= 4 is 21.8 Å². The van der Waals surface area contributed by atoms with Crippen molar-refractivity contribution in [2.24, 2.45) is 5.41 Å². The molecule has 1 heterocycles. The summed E-state index contributed by atoms with van der Waals surface area (Å²) in [6.45, 7) is 7.18. The van der Waals surface area contributed by atoms with Crippen molar-refractivity contribution < 1.29 is 4.79 Å². The molecule has 4 heteroatoms. The van der Waals surface area contributed by atoms with Gasteiger partial charge in [0.15, 0.2) is 0 Å². The summed E-state index contributed by atoms with van der Waals surface area (Å²) >= 11 is 3.48. The van der Waals surface area contributed by atoms with E-state index in [1.807, 2.05) is 0 Å². The second kappa shape index (κ2) is 6.38. The Kier molecular flexibility index (Phi) is 5.07. The highest BCUT2D eigenvalue weighted by atomic mass is 79.9. The monoisotopic (exact) mass is 316 g/mol. The number of hydrogen-bond donors (Lipinski definition) is 0. The normalized spacial score (nSPS) is 25.1. The number of halogens is 1. The fourth-order valence-corrected chi connectivity index (χ4v) is 3.72. The van der Waals surface area contributed by atoms with Crippen LogP contribution in [0.3, 0.4) is 0 Å². The van der Waals surface area contributed by atoms with Gasteiger partial charge >= 0.3 is 0 Å². The van der Waals surface area contributed by atoms with Crippen molar-refractivity contribution in [3.8, 4) is 0 Å². The predicted octanol–water partition coefficient (Wildman–Crippen LogP) is 2.50. The molecule has 18 heavy (non-hydrogen) atoms. The minimum Gasteiger partial charge on any atom is -0.340 e. The maximum Gasteiger partial charge on any atom is 0.228 e. The van der Waals surface area contributed by atoms with Gasteiger partial charge in [-0.25, -0.2) is 0 Å². The lowest BCUT2D eigenvalue weighted by atomic mass is 9.74. The zero-order valence-corrected chi connectivity index (χ0v) is 13.0. The third-order valence-corrected chi connectivity index (χ3v) is 4.89. The molecule has 1 aliphatic carbocycles. The first-order valence-electron chi connectivity index (χ1n) is 7.23. The molecule has 0 aromatic carbocycles. The van der Waals surface area contributed by atoms with Crippen molar-refractivity contribution in [1.29, 1.82) is 0 Å². The Bertz CT molecular complexity index is 282. The topological polar surface area (TPSA) is 23.6 Å². The number of alkyl halides is 1. The van der Waals surface area contributed by atoms with Gasteiger partial charge in [-0.3, -0.25) is 9.69 Å². The number of hydrogen-bond acceptors (Lipinski definition) is 2. The van der Waals surface area contributed by atoms with E-state index in [0.29, 0.717) is 5.91 Å². The lowest BCUT2D eigenvalue weighted by Gasteiger charge is -2.41. The van der Waals surface area contributed by atoms with Crippen molar-refractivity contribution in [2.75, 3.05) is 38.1 Å². The Balaban J connectivity index is 1.86. The first-order chi connectivity index (χ1) is 8.65. The smallest absolute Gasteiger partial charge is 0.228 e. The Morgan fingerprint density at radius 2 is 1.72 bits per heavy atom. The number of amides is 1. The third-order valence-electron chi connectivity index (χ3n) is 4.53. The van der Waals surface area contributed by atoms with Gasteiger partial charge in [0.2, 0.25) is 5.91 Å². The Morgan fingerprint density at radius 3 is 2.28 bits per heavy atom. The molecule has 0 N–H and O–H groups in total. The van der Waals surface area contributed by atoms with E-state index in [1.165, 1.54) is 19.3 Å². The van der Waals surface area contributed by atoms with Crippen LogP contribution in [0.4, 0.5) is 0 Å². The van der Waals surface area contributed by atoms with Gasteiger partial charge in [0.1, 0.15) is 0 Å². The van der Waals surface area contributed by atoms with Crippen LogP contribution in [0.2, 0.25) is 0 Å². The minimum absolute atomic E-state index is 0.0597. The summed E-state index contributed by atoms with van der Waals surface area (Å²) in [5.74, 6) is 0.417. The average Bonchev–Trinajstić information content (AvgIpc) is 2.40. The fourth-order valence-electron chi connectivity index (χ4n) is 3.22. The predicted molar refractivity (Wildman–Crippen MR) is 78.0 cm³/mol. The number of carbonyl (C=O) groups excluding carboxylic acids is 1. The van der Waals surface area contributed by atoms with E-state index in [9.17, 15) is 4.79 Å². The molecule has 0 atom stereocenters. The molecule has 1 aliphatic heterocycles. The Morgan fingerprint density at radius 1 is 1.11 bits per heavy atom. The molecule has 2 fully saturated rings. The van der Waals surface area contributed by atoms with Crippen LogP contribution in [0.25, 0.3) is 0 Å². The van der Waals surface area contributed by atoms with E-state index in [-0.39, 0.29) is 5.41 Å².